The molecule has 5 heteroatoms. The topological polar surface area (TPSA) is 37.4 Å². The number of piperidine rings is 1. The maximum Gasteiger partial charge on any atom is 0.0798 e. The highest BCUT2D eigenvalue weighted by Crippen LogP contribution is 2.14. The number of rotatable bonds is 7. The van der Waals surface area contributed by atoms with Crippen LogP contribution in [0.3, 0.4) is 0 Å². The van der Waals surface area contributed by atoms with Gasteiger partial charge < -0.3 is 15.0 Å². The van der Waals surface area contributed by atoms with E-state index in [0.29, 0.717) is 6.10 Å². The van der Waals surface area contributed by atoms with Gasteiger partial charge in [0.05, 0.1) is 17.3 Å². The molecule has 4 nitrogen and oxygen atoms in total. The van der Waals surface area contributed by atoms with Crippen LogP contribution in [0.1, 0.15) is 29.8 Å². The Bertz CT molecular complexity index is 363. The van der Waals surface area contributed by atoms with Crippen molar-refractivity contribution >= 4 is 11.3 Å². The Kier molecular flexibility index (Phi) is 6.23. The number of hydrogen-bond acceptors (Lipinski definition) is 5. The van der Waals surface area contributed by atoms with Gasteiger partial charge in [0.1, 0.15) is 0 Å². The molecule has 0 radical (unpaired) electrons. The monoisotopic (exact) mass is 283 g/mol. The molecule has 108 valence electrons. The first-order valence-corrected chi connectivity index (χ1v) is 8.03. The average Bonchev–Trinajstić information content (AvgIpc) is 2.82. The highest BCUT2D eigenvalue weighted by molar-refractivity contribution is 7.09. The summed E-state index contributed by atoms with van der Waals surface area (Å²) in [5, 5.41) is 3.36. The van der Waals surface area contributed by atoms with Crippen LogP contribution in [0.15, 0.2) is 5.51 Å². The zero-order valence-corrected chi connectivity index (χ0v) is 12.8. The molecule has 1 N–H and O–H groups in total. The van der Waals surface area contributed by atoms with Crippen molar-refractivity contribution in [3.63, 3.8) is 0 Å². The summed E-state index contributed by atoms with van der Waals surface area (Å²) in [7, 11) is 2.17. The Labute approximate surface area is 120 Å². The van der Waals surface area contributed by atoms with Gasteiger partial charge in [-0.1, -0.05) is 0 Å². The Morgan fingerprint density at radius 2 is 2.26 bits per heavy atom. The van der Waals surface area contributed by atoms with E-state index in [1.807, 2.05) is 5.51 Å². The van der Waals surface area contributed by atoms with Crippen molar-refractivity contribution in [2.75, 3.05) is 33.3 Å². The van der Waals surface area contributed by atoms with Gasteiger partial charge in [-0.25, -0.2) is 4.98 Å². The molecule has 0 unspecified atom stereocenters. The highest BCUT2D eigenvalue weighted by Gasteiger charge is 2.12. The highest BCUT2D eigenvalue weighted by atomic mass is 32.1. The smallest absolute Gasteiger partial charge is 0.0798 e. The number of nitrogens with zero attached hydrogens (tertiary/aromatic N) is 2. The third-order valence-corrected chi connectivity index (χ3v) is 4.50. The van der Waals surface area contributed by atoms with E-state index in [9.17, 15) is 0 Å². The second-order valence-corrected chi connectivity index (χ2v) is 6.21. The minimum atomic E-state index is 0.482. The summed E-state index contributed by atoms with van der Waals surface area (Å²) in [5.41, 5.74) is 3.10. The molecule has 1 saturated heterocycles. The van der Waals surface area contributed by atoms with Gasteiger partial charge in [-0.15, -0.1) is 11.3 Å². The molecular formula is C14H25N3OS. The van der Waals surface area contributed by atoms with Crippen LogP contribution in [0.25, 0.3) is 0 Å². The fraction of sp³-hybridized carbons (Fsp3) is 0.786. The van der Waals surface area contributed by atoms with Gasteiger partial charge in [0.15, 0.2) is 0 Å². The lowest BCUT2D eigenvalue weighted by Crippen LogP contribution is -2.33. The molecule has 0 aromatic carbocycles. The summed E-state index contributed by atoms with van der Waals surface area (Å²) in [6.45, 7) is 7.27. The fourth-order valence-corrected chi connectivity index (χ4v) is 3.21. The molecule has 0 atom stereocenters. The van der Waals surface area contributed by atoms with Crippen molar-refractivity contribution in [1.82, 2.24) is 15.2 Å². The maximum atomic E-state index is 5.92. The number of hydrogen-bond donors (Lipinski definition) is 1. The van der Waals surface area contributed by atoms with Crippen LogP contribution >= 0.6 is 11.3 Å². The molecule has 1 aliphatic rings. The maximum absolute atomic E-state index is 5.92. The minimum Gasteiger partial charge on any atom is -0.378 e. The molecule has 0 aliphatic carbocycles. The SMILES string of the molecule is Cc1ncsc1CN(C)CCCOC1CCNCC1. The number of aryl methyl sites for hydroxylation is 1. The molecular weight excluding hydrogens is 258 g/mol. The molecule has 0 bridgehead atoms. The summed E-state index contributed by atoms with van der Waals surface area (Å²) >= 11 is 1.75. The molecule has 19 heavy (non-hydrogen) atoms. The van der Waals surface area contributed by atoms with E-state index in [1.165, 1.54) is 10.6 Å². The third kappa shape index (κ3) is 5.18. The van der Waals surface area contributed by atoms with Crippen molar-refractivity contribution in [1.29, 1.82) is 0 Å². The normalized spacial score (nSPS) is 17.2. The quantitative estimate of drug-likeness (QED) is 0.777. The minimum absolute atomic E-state index is 0.482. The summed E-state index contributed by atoms with van der Waals surface area (Å²) in [6, 6.07) is 0. The first kappa shape index (κ1) is 14.9. The Hall–Kier alpha value is -0.490. The molecule has 0 amide bonds. The number of ether oxygens (including phenoxy) is 1. The Morgan fingerprint density at radius 1 is 1.47 bits per heavy atom. The lowest BCUT2D eigenvalue weighted by atomic mass is 10.1. The molecule has 1 aromatic rings. The van der Waals surface area contributed by atoms with Gasteiger partial charge in [-0.3, -0.25) is 0 Å². The van der Waals surface area contributed by atoms with Gasteiger partial charge in [0.25, 0.3) is 0 Å². The second-order valence-electron chi connectivity index (χ2n) is 5.27. The molecule has 0 spiro atoms. The molecule has 1 aliphatic heterocycles. The predicted molar refractivity (Wildman–Crippen MR) is 79.6 cm³/mol. The Balaban J connectivity index is 1.56. The van der Waals surface area contributed by atoms with E-state index in [0.717, 1.165) is 52.0 Å². The second kappa shape index (κ2) is 7.94. The van der Waals surface area contributed by atoms with Crippen molar-refractivity contribution in [2.45, 2.75) is 38.8 Å². The van der Waals surface area contributed by atoms with Crippen LogP contribution in [0.5, 0.6) is 0 Å². The van der Waals surface area contributed by atoms with Crippen molar-refractivity contribution < 1.29 is 4.74 Å². The third-order valence-electron chi connectivity index (χ3n) is 3.58. The van der Waals surface area contributed by atoms with Gasteiger partial charge in [0.2, 0.25) is 0 Å². The van der Waals surface area contributed by atoms with E-state index < -0.39 is 0 Å². The van der Waals surface area contributed by atoms with Crippen LogP contribution in [0.2, 0.25) is 0 Å². The van der Waals surface area contributed by atoms with Crippen molar-refractivity contribution in [3.05, 3.63) is 16.1 Å². The van der Waals surface area contributed by atoms with Crippen LogP contribution < -0.4 is 5.32 Å². The van der Waals surface area contributed by atoms with Crippen LogP contribution in [0, 0.1) is 6.92 Å². The van der Waals surface area contributed by atoms with Crippen molar-refractivity contribution in [2.24, 2.45) is 0 Å². The van der Waals surface area contributed by atoms with Crippen LogP contribution in [0.4, 0.5) is 0 Å². The first-order chi connectivity index (χ1) is 9.25. The lowest BCUT2D eigenvalue weighted by molar-refractivity contribution is 0.0284. The number of aromatic nitrogens is 1. The summed E-state index contributed by atoms with van der Waals surface area (Å²) in [5.74, 6) is 0. The van der Waals surface area contributed by atoms with Crippen molar-refractivity contribution in [3.8, 4) is 0 Å². The molecule has 0 saturated carbocycles. The fourth-order valence-electron chi connectivity index (χ4n) is 2.35. The van der Waals surface area contributed by atoms with E-state index in [-0.39, 0.29) is 0 Å². The van der Waals surface area contributed by atoms with Crippen LogP contribution in [-0.4, -0.2) is 49.3 Å². The largest absolute Gasteiger partial charge is 0.378 e. The molecule has 2 rings (SSSR count). The number of nitrogens with one attached hydrogen (secondary N) is 1. The van der Waals surface area contributed by atoms with Gasteiger partial charge in [0, 0.05) is 24.6 Å². The summed E-state index contributed by atoms with van der Waals surface area (Å²) in [4.78, 5) is 8.02. The average molecular weight is 283 g/mol. The van der Waals surface area contributed by atoms with Gasteiger partial charge in [-0.05, 0) is 46.3 Å². The summed E-state index contributed by atoms with van der Waals surface area (Å²) in [6.07, 6.45) is 3.92. The predicted octanol–water partition coefficient (Wildman–Crippen LogP) is 2.04. The van der Waals surface area contributed by atoms with E-state index in [2.05, 4.69) is 29.2 Å². The van der Waals surface area contributed by atoms with Gasteiger partial charge >= 0.3 is 0 Å². The van der Waals surface area contributed by atoms with E-state index >= 15 is 0 Å². The van der Waals surface area contributed by atoms with Crippen LogP contribution in [-0.2, 0) is 11.3 Å². The van der Waals surface area contributed by atoms with Gasteiger partial charge in [-0.2, -0.15) is 0 Å². The summed E-state index contributed by atoms with van der Waals surface area (Å²) < 4.78 is 5.92. The molecule has 2 heterocycles. The molecule has 1 fully saturated rings. The lowest BCUT2D eigenvalue weighted by Gasteiger charge is -2.23. The standard InChI is InChI=1S/C14H25N3OS/c1-12-14(19-11-16-12)10-17(2)8-3-9-18-13-4-6-15-7-5-13/h11,13,15H,3-10H2,1-2H3. The zero-order chi connectivity index (χ0) is 13.5. The Morgan fingerprint density at radius 3 is 2.95 bits per heavy atom. The van der Waals surface area contributed by atoms with E-state index in [1.54, 1.807) is 11.3 Å². The number of thiazole rings is 1. The van der Waals surface area contributed by atoms with E-state index in [4.69, 9.17) is 4.74 Å². The first-order valence-electron chi connectivity index (χ1n) is 7.15. The molecule has 1 aromatic heterocycles. The zero-order valence-electron chi connectivity index (χ0n) is 12.0.